The Morgan fingerprint density at radius 1 is 1.19 bits per heavy atom. The maximum absolute atomic E-state index is 13.5. The topological polar surface area (TPSA) is 26.0 Å². The summed E-state index contributed by atoms with van der Waals surface area (Å²) in [6, 6.07) is 5.49. The Bertz CT molecular complexity index is 468. The minimum Gasteiger partial charge on any atom is -0.320 e. The van der Waals surface area contributed by atoms with Crippen LogP contribution < -0.4 is 5.73 Å². The molecule has 84 valence electrons. The zero-order valence-electron chi connectivity index (χ0n) is 9.33. The first-order chi connectivity index (χ1) is 7.59. The van der Waals surface area contributed by atoms with E-state index in [4.69, 9.17) is 5.73 Å². The monoisotopic (exact) mass is 235 g/mol. The molecule has 1 atom stereocenters. The van der Waals surface area contributed by atoms with Crippen LogP contribution in [0.3, 0.4) is 0 Å². The van der Waals surface area contributed by atoms with Crippen molar-refractivity contribution in [3.63, 3.8) is 0 Å². The van der Waals surface area contributed by atoms with E-state index in [1.54, 1.807) is 25.2 Å². The summed E-state index contributed by atoms with van der Waals surface area (Å²) in [7, 11) is 0. The third-order valence-corrected chi connectivity index (χ3v) is 3.42. The second-order valence-corrected chi connectivity index (χ2v) is 4.78. The van der Waals surface area contributed by atoms with Gasteiger partial charge in [0.25, 0.3) is 0 Å². The first-order valence-electron chi connectivity index (χ1n) is 5.14. The first-order valence-corrected chi connectivity index (χ1v) is 6.08. The quantitative estimate of drug-likeness (QED) is 0.846. The van der Waals surface area contributed by atoms with Gasteiger partial charge < -0.3 is 5.73 Å². The number of hydrogen-bond acceptors (Lipinski definition) is 2. The molecule has 3 heteroatoms. The molecule has 16 heavy (non-hydrogen) atoms. The molecular weight excluding hydrogens is 221 g/mol. The highest BCUT2D eigenvalue weighted by Crippen LogP contribution is 2.25. The van der Waals surface area contributed by atoms with Gasteiger partial charge in [0, 0.05) is 0 Å². The van der Waals surface area contributed by atoms with E-state index in [0.717, 1.165) is 11.1 Å². The van der Waals surface area contributed by atoms with Gasteiger partial charge in [-0.05, 0) is 52.9 Å². The van der Waals surface area contributed by atoms with Crippen molar-refractivity contribution in [2.45, 2.75) is 19.9 Å². The van der Waals surface area contributed by atoms with Crippen molar-refractivity contribution in [1.29, 1.82) is 0 Å². The molecule has 0 saturated heterocycles. The molecule has 0 aliphatic heterocycles. The molecule has 0 spiro atoms. The minimum absolute atomic E-state index is 0.138. The van der Waals surface area contributed by atoms with Crippen LogP contribution in [0.5, 0.6) is 0 Å². The van der Waals surface area contributed by atoms with E-state index in [1.165, 1.54) is 0 Å². The highest BCUT2D eigenvalue weighted by atomic mass is 32.1. The molecule has 0 amide bonds. The molecule has 1 unspecified atom stereocenters. The van der Waals surface area contributed by atoms with Gasteiger partial charge in [0.15, 0.2) is 0 Å². The number of nitrogens with two attached hydrogens (primary N) is 1. The third-order valence-electron chi connectivity index (χ3n) is 2.72. The second-order valence-electron chi connectivity index (χ2n) is 4.00. The normalized spacial score (nSPS) is 12.8. The number of aryl methyl sites for hydroxylation is 2. The van der Waals surface area contributed by atoms with Crippen molar-refractivity contribution in [1.82, 2.24) is 0 Å². The van der Waals surface area contributed by atoms with E-state index in [9.17, 15) is 4.39 Å². The van der Waals surface area contributed by atoms with E-state index in [0.29, 0.717) is 11.1 Å². The van der Waals surface area contributed by atoms with Crippen LogP contribution in [-0.2, 0) is 0 Å². The van der Waals surface area contributed by atoms with E-state index in [2.05, 4.69) is 0 Å². The Balaban J connectivity index is 2.42. The zero-order valence-corrected chi connectivity index (χ0v) is 10.1. The number of thiophene rings is 1. The molecule has 2 N–H and O–H groups in total. The maximum atomic E-state index is 13.5. The lowest BCUT2D eigenvalue weighted by atomic mass is 9.98. The van der Waals surface area contributed by atoms with Crippen LogP contribution in [0, 0.1) is 19.7 Å². The summed E-state index contributed by atoms with van der Waals surface area (Å²) in [5, 5.41) is 4.02. The molecule has 0 saturated carbocycles. The van der Waals surface area contributed by atoms with Crippen molar-refractivity contribution < 1.29 is 4.39 Å². The molecule has 2 rings (SSSR count). The summed E-state index contributed by atoms with van der Waals surface area (Å²) in [5.41, 5.74) is 9.49. The van der Waals surface area contributed by atoms with Gasteiger partial charge in [0.05, 0.1) is 6.04 Å². The fourth-order valence-electron chi connectivity index (χ4n) is 1.80. The van der Waals surface area contributed by atoms with E-state index in [-0.39, 0.29) is 11.9 Å². The average molecular weight is 235 g/mol. The molecule has 1 heterocycles. The van der Waals surface area contributed by atoms with Crippen molar-refractivity contribution in [3.8, 4) is 0 Å². The molecule has 0 aliphatic carbocycles. The van der Waals surface area contributed by atoms with Crippen LogP contribution in [0.25, 0.3) is 0 Å². The SMILES string of the molecule is Cc1cc(C(N)c2ccsc2)cc(C)c1F. The summed E-state index contributed by atoms with van der Waals surface area (Å²) < 4.78 is 13.5. The fraction of sp³-hybridized carbons (Fsp3) is 0.231. The smallest absolute Gasteiger partial charge is 0.129 e. The van der Waals surface area contributed by atoms with Gasteiger partial charge >= 0.3 is 0 Å². The molecular formula is C13H14FNS. The summed E-state index contributed by atoms with van der Waals surface area (Å²) in [4.78, 5) is 0. The Labute approximate surface area is 98.7 Å². The lowest BCUT2D eigenvalue weighted by Gasteiger charge is -2.13. The van der Waals surface area contributed by atoms with Gasteiger partial charge in [-0.1, -0.05) is 12.1 Å². The van der Waals surface area contributed by atoms with Gasteiger partial charge in [-0.15, -0.1) is 0 Å². The van der Waals surface area contributed by atoms with Crippen molar-refractivity contribution in [2.24, 2.45) is 5.73 Å². The maximum Gasteiger partial charge on any atom is 0.129 e. The second kappa shape index (κ2) is 4.36. The predicted molar refractivity (Wildman–Crippen MR) is 66.2 cm³/mol. The van der Waals surface area contributed by atoms with E-state index in [1.807, 2.05) is 29.0 Å². The van der Waals surface area contributed by atoms with Crippen LogP contribution in [0.2, 0.25) is 0 Å². The Morgan fingerprint density at radius 3 is 2.31 bits per heavy atom. The van der Waals surface area contributed by atoms with Gasteiger partial charge in [-0.2, -0.15) is 11.3 Å². The average Bonchev–Trinajstić information content (AvgIpc) is 2.77. The van der Waals surface area contributed by atoms with Gasteiger partial charge in [-0.25, -0.2) is 4.39 Å². The lowest BCUT2D eigenvalue weighted by Crippen LogP contribution is -2.11. The van der Waals surface area contributed by atoms with Gasteiger partial charge in [0.1, 0.15) is 5.82 Å². The zero-order chi connectivity index (χ0) is 11.7. The van der Waals surface area contributed by atoms with Crippen LogP contribution in [0.15, 0.2) is 29.0 Å². The van der Waals surface area contributed by atoms with Crippen LogP contribution in [0.1, 0.15) is 28.3 Å². The molecule has 1 aromatic carbocycles. The summed E-state index contributed by atoms with van der Waals surface area (Å²) in [5.74, 6) is -0.138. The van der Waals surface area contributed by atoms with E-state index < -0.39 is 0 Å². The third kappa shape index (κ3) is 2.01. The first kappa shape index (κ1) is 11.3. The Kier molecular flexibility index (Phi) is 3.08. The number of halogens is 1. The molecule has 0 bridgehead atoms. The number of benzene rings is 1. The van der Waals surface area contributed by atoms with Crippen molar-refractivity contribution in [3.05, 3.63) is 57.0 Å². The van der Waals surface area contributed by atoms with Crippen molar-refractivity contribution >= 4 is 11.3 Å². The Morgan fingerprint density at radius 2 is 1.81 bits per heavy atom. The highest BCUT2D eigenvalue weighted by molar-refractivity contribution is 7.08. The molecule has 0 radical (unpaired) electrons. The van der Waals surface area contributed by atoms with Crippen LogP contribution >= 0.6 is 11.3 Å². The Hall–Kier alpha value is -1.19. The minimum atomic E-state index is -0.163. The van der Waals surface area contributed by atoms with Crippen LogP contribution in [-0.4, -0.2) is 0 Å². The van der Waals surface area contributed by atoms with Gasteiger partial charge in [0.2, 0.25) is 0 Å². The molecule has 2 aromatic rings. The lowest BCUT2D eigenvalue weighted by molar-refractivity contribution is 0.607. The molecule has 0 aliphatic rings. The summed E-state index contributed by atoms with van der Waals surface area (Å²) in [6.45, 7) is 3.54. The predicted octanol–water partition coefficient (Wildman–Crippen LogP) is 3.55. The van der Waals surface area contributed by atoms with Crippen LogP contribution in [0.4, 0.5) is 4.39 Å². The number of hydrogen-bond donors (Lipinski definition) is 1. The summed E-state index contributed by atoms with van der Waals surface area (Å²) in [6.07, 6.45) is 0. The van der Waals surface area contributed by atoms with E-state index >= 15 is 0 Å². The molecule has 1 nitrogen and oxygen atoms in total. The summed E-state index contributed by atoms with van der Waals surface area (Å²) >= 11 is 1.62. The standard InChI is InChI=1S/C13H14FNS/c1-8-5-11(6-9(2)12(8)14)13(15)10-3-4-16-7-10/h3-7,13H,15H2,1-2H3. The largest absolute Gasteiger partial charge is 0.320 e. The fourth-order valence-corrected chi connectivity index (χ4v) is 2.50. The molecule has 1 aromatic heterocycles. The number of rotatable bonds is 2. The van der Waals surface area contributed by atoms with Gasteiger partial charge in [-0.3, -0.25) is 0 Å². The highest BCUT2D eigenvalue weighted by Gasteiger charge is 2.12. The van der Waals surface area contributed by atoms with Crippen molar-refractivity contribution in [2.75, 3.05) is 0 Å². The molecule has 0 fully saturated rings.